The Morgan fingerprint density at radius 1 is 0.933 bits per heavy atom. The van der Waals surface area contributed by atoms with E-state index < -0.39 is 0 Å². The van der Waals surface area contributed by atoms with Crippen LogP contribution in [-0.2, 0) is 0 Å². The lowest BCUT2D eigenvalue weighted by Gasteiger charge is -2.30. The summed E-state index contributed by atoms with van der Waals surface area (Å²) in [6.45, 7) is 17.1. The molecule has 0 saturated heterocycles. The zero-order chi connectivity index (χ0) is 11.8. The topological polar surface area (TPSA) is 15.3 Å². The maximum atomic E-state index is 3.49. The normalized spacial score (nSPS) is 12.4. The Hall–Kier alpha value is -0.0800. The monoisotopic (exact) mass is 214 g/mol. The highest BCUT2D eigenvalue weighted by Gasteiger charge is 2.11. The Morgan fingerprint density at radius 2 is 1.47 bits per heavy atom. The largest absolute Gasteiger partial charge is 0.316 e. The second-order valence-corrected chi connectivity index (χ2v) is 5.38. The third kappa shape index (κ3) is 7.80. The van der Waals surface area contributed by atoms with Gasteiger partial charge >= 0.3 is 0 Å². The van der Waals surface area contributed by atoms with Crippen LogP contribution in [0.5, 0.6) is 0 Å². The molecule has 0 aromatic rings. The van der Waals surface area contributed by atoms with Crippen molar-refractivity contribution in [3.05, 3.63) is 0 Å². The van der Waals surface area contributed by atoms with Gasteiger partial charge in [0.1, 0.15) is 0 Å². The van der Waals surface area contributed by atoms with Gasteiger partial charge in [-0.05, 0) is 59.7 Å². The quantitative estimate of drug-likeness (QED) is 0.625. The molecule has 0 aromatic carbocycles. The minimum Gasteiger partial charge on any atom is -0.316 e. The van der Waals surface area contributed by atoms with Gasteiger partial charge < -0.3 is 5.32 Å². The van der Waals surface area contributed by atoms with E-state index in [-0.39, 0.29) is 0 Å². The van der Waals surface area contributed by atoms with E-state index in [2.05, 4.69) is 51.8 Å². The standard InChI is InChI=1S/C13H30N2/c1-11(2)10-14-8-7-9-15(12(3)4)13(5)6/h11-14H,7-10H2,1-6H3. The van der Waals surface area contributed by atoms with E-state index in [0.29, 0.717) is 12.1 Å². The zero-order valence-electron chi connectivity index (χ0n) is 11.5. The fraction of sp³-hybridized carbons (Fsp3) is 1.00. The minimum atomic E-state index is 0.662. The van der Waals surface area contributed by atoms with Crippen molar-refractivity contribution in [2.45, 2.75) is 60.0 Å². The van der Waals surface area contributed by atoms with Crippen molar-refractivity contribution in [3.8, 4) is 0 Å². The van der Waals surface area contributed by atoms with Gasteiger partial charge in [-0.25, -0.2) is 0 Å². The molecular formula is C13H30N2. The highest BCUT2D eigenvalue weighted by molar-refractivity contribution is 4.67. The molecule has 0 aliphatic carbocycles. The predicted molar refractivity (Wildman–Crippen MR) is 69.3 cm³/mol. The molecule has 1 N–H and O–H groups in total. The minimum absolute atomic E-state index is 0.662. The Kier molecular flexibility index (Phi) is 8.07. The number of hydrogen-bond acceptors (Lipinski definition) is 2. The molecule has 15 heavy (non-hydrogen) atoms. The lowest BCUT2D eigenvalue weighted by atomic mass is 10.2. The SMILES string of the molecule is CC(C)CNCCCN(C(C)C)C(C)C. The first-order valence-electron chi connectivity index (χ1n) is 6.41. The summed E-state index contributed by atoms with van der Waals surface area (Å²) in [7, 11) is 0. The molecule has 0 atom stereocenters. The summed E-state index contributed by atoms with van der Waals surface area (Å²) in [5.74, 6) is 0.760. The van der Waals surface area contributed by atoms with Crippen LogP contribution in [-0.4, -0.2) is 36.6 Å². The molecule has 0 aromatic heterocycles. The first-order chi connectivity index (χ1) is 6.95. The highest BCUT2D eigenvalue weighted by atomic mass is 15.2. The first-order valence-corrected chi connectivity index (χ1v) is 6.41. The van der Waals surface area contributed by atoms with Crippen LogP contribution in [0.2, 0.25) is 0 Å². The van der Waals surface area contributed by atoms with Crippen molar-refractivity contribution in [1.29, 1.82) is 0 Å². The fourth-order valence-corrected chi connectivity index (χ4v) is 1.89. The molecule has 0 bridgehead atoms. The molecule has 0 radical (unpaired) electrons. The molecule has 2 nitrogen and oxygen atoms in total. The third-order valence-corrected chi connectivity index (χ3v) is 2.65. The Morgan fingerprint density at radius 3 is 1.87 bits per heavy atom. The summed E-state index contributed by atoms with van der Waals surface area (Å²) in [6, 6.07) is 1.32. The maximum absolute atomic E-state index is 3.49. The Bertz CT molecular complexity index is 133. The summed E-state index contributed by atoms with van der Waals surface area (Å²) < 4.78 is 0. The van der Waals surface area contributed by atoms with Gasteiger partial charge in [0, 0.05) is 12.1 Å². The molecular weight excluding hydrogens is 184 g/mol. The van der Waals surface area contributed by atoms with E-state index in [1.165, 1.54) is 13.0 Å². The molecule has 0 amide bonds. The van der Waals surface area contributed by atoms with Crippen LogP contribution in [0.4, 0.5) is 0 Å². The van der Waals surface area contributed by atoms with E-state index in [1.54, 1.807) is 0 Å². The lowest BCUT2D eigenvalue weighted by molar-refractivity contribution is 0.172. The summed E-state index contributed by atoms with van der Waals surface area (Å²) >= 11 is 0. The van der Waals surface area contributed by atoms with Crippen LogP contribution in [0.3, 0.4) is 0 Å². The van der Waals surface area contributed by atoms with Crippen LogP contribution in [0.25, 0.3) is 0 Å². The van der Waals surface area contributed by atoms with Crippen molar-refractivity contribution in [1.82, 2.24) is 10.2 Å². The summed E-state index contributed by atoms with van der Waals surface area (Å²) in [5, 5.41) is 3.49. The van der Waals surface area contributed by atoms with Crippen LogP contribution >= 0.6 is 0 Å². The first kappa shape index (κ1) is 14.9. The third-order valence-electron chi connectivity index (χ3n) is 2.65. The zero-order valence-corrected chi connectivity index (χ0v) is 11.5. The summed E-state index contributed by atoms with van der Waals surface area (Å²) in [5.41, 5.74) is 0. The molecule has 0 rings (SSSR count). The average molecular weight is 214 g/mol. The number of hydrogen-bond donors (Lipinski definition) is 1. The van der Waals surface area contributed by atoms with Crippen molar-refractivity contribution < 1.29 is 0 Å². The fourth-order valence-electron chi connectivity index (χ4n) is 1.89. The van der Waals surface area contributed by atoms with E-state index >= 15 is 0 Å². The Balaban J connectivity index is 3.55. The number of nitrogens with one attached hydrogen (secondary N) is 1. The summed E-state index contributed by atoms with van der Waals surface area (Å²) in [6.07, 6.45) is 1.25. The smallest absolute Gasteiger partial charge is 0.00413 e. The molecule has 0 fully saturated rings. The van der Waals surface area contributed by atoms with Crippen LogP contribution < -0.4 is 5.32 Å². The van der Waals surface area contributed by atoms with Gasteiger partial charge in [-0.3, -0.25) is 4.90 Å². The molecule has 2 heteroatoms. The van der Waals surface area contributed by atoms with Crippen molar-refractivity contribution >= 4 is 0 Å². The molecule has 0 aliphatic heterocycles. The van der Waals surface area contributed by atoms with E-state index in [1.807, 2.05) is 0 Å². The Labute approximate surface area is 96.4 Å². The van der Waals surface area contributed by atoms with Gasteiger partial charge in [-0.15, -0.1) is 0 Å². The van der Waals surface area contributed by atoms with Gasteiger partial charge in [0.15, 0.2) is 0 Å². The van der Waals surface area contributed by atoms with Crippen molar-refractivity contribution in [2.75, 3.05) is 19.6 Å². The molecule has 0 heterocycles. The lowest BCUT2D eigenvalue weighted by Crippen LogP contribution is -2.38. The maximum Gasteiger partial charge on any atom is 0.00413 e. The van der Waals surface area contributed by atoms with Crippen LogP contribution in [0, 0.1) is 5.92 Å². The van der Waals surface area contributed by atoms with Gasteiger partial charge in [-0.1, -0.05) is 13.8 Å². The van der Waals surface area contributed by atoms with Crippen molar-refractivity contribution in [3.63, 3.8) is 0 Å². The number of rotatable bonds is 8. The molecule has 0 saturated carbocycles. The van der Waals surface area contributed by atoms with E-state index in [9.17, 15) is 0 Å². The summed E-state index contributed by atoms with van der Waals surface area (Å²) in [4.78, 5) is 2.55. The van der Waals surface area contributed by atoms with Crippen LogP contribution in [0.15, 0.2) is 0 Å². The van der Waals surface area contributed by atoms with Gasteiger partial charge in [0.05, 0.1) is 0 Å². The molecule has 92 valence electrons. The van der Waals surface area contributed by atoms with Gasteiger partial charge in [-0.2, -0.15) is 0 Å². The number of nitrogens with zero attached hydrogens (tertiary/aromatic N) is 1. The van der Waals surface area contributed by atoms with Gasteiger partial charge in [0.25, 0.3) is 0 Å². The van der Waals surface area contributed by atoms with Crippen molar-refractivity contribution in [2.24, 2.45) is 5.92 Å². The highest BCUT2D eigenvalue weighted by Crippen LogP contribution is 2.05. The molecule has 0 unspecified atom stereocenters. The van der Waals surface area contributed by atoms with E-state index in [4.69, 9.17) is 0 Å². The van der Waals surface area contributed by atoms with E-state index in [0.717, 1.165) is 19.0 Å². The second-order valence-electron chi connectivity index (χ2n) is 5.38. The molecule has 0 spiro atoms. The van der Waals surface area contributed by atoms with Crippen LogP contribution in [0.1, 0.15) is 48.0 Å². The molecule has 0 aliphatic rings. The van der Waals surface area contributed by atoms with Gasteiger partial charge in [0.2, 0.25) is 0 Å². The second kappa shape index (κ2) is 8.12. The average Bonchev–Trinajstić information content (AvgIpc) is 2.08. The predicted octanol–water partition coefficient (Wildman–Crippen LogP) is 2.74.